The molecule has 0 saturated carbocycles. The largest absolute Gasteiger partial charge is 0.493 e. The first-order valence-electron chi connectivity index (χ1n) is 8.06. The van der Waals surface area contributed by atoms with Gasteiger partial charge in [-0.15, -0.1) is 0 Å². The van der Waals surface area contributed by atoms with Crippen molar-refractivity contribution in [3.8, 4) is 11.5 Å². The van der Waals surface area contributed by atoms with Crippen LogP contribution in [0.15, 0.2) is 47.4 Å². The van der Waals surface area contributed by atoms with Gasteiger partial charge in [-0.25, -0.2) is 13.1 Å². The summed E-state index contributed by atoms with van der Waals surface area (Å²) in [6.45, 7) is 1.85. The minimum absolute atomic E-state index is 0.160. The summed E-state index contributed by atoms with van der Waals surface area (Å²) in [7, 11) is 0.943. The van der Waals surface area contributed by atoms with Crippen LogP contribution in [-0.4, -0.2) is 35.6 Å². The summed E-state index contributed by atoms with van der Waals surface area (Å²) in [5.41, 5.74) is 2.14. The van der Waals surface area contributed by atoms with Crippen LogP contribution in [0.3, 0.4) is 0 Å². The van der Waals surface area contributed by atoms with E-state index in [9.17, 15) is 13.2 Å². The van der Waals surface area contributed by atoms with Gasteiger partial charge in [-0.1, -0.05) is 12.1 Å². The summed E-state index contributed by atoms with van der Waals surface area (Å²) >= 11 is 0. The SMILES string of the molecule is CNS(=O)(=O)c1ccc(/C=C/C(=O)Nc2cc(OC)c(OC)cc2C)cc1. The Morgan fingerprint density at radius 1 is 1.04 bits per heavy atom. The first-order valence-corrected chi connectivity index (χ1v) is 9.54. The van der Waals surface area contributed by atoms with Gasteiger partial charge < -0.3 is 14.8 Å². The number of hydrogen-bond donors (Lipinski definition) is 2. The fourth-order valence-electron chi connectivity index (χ4n) is 2.34. The van der Waals surface area contributed by atoms with Crippen molar-refractivity contribution in [3.63, 3.8) is 0 Å². The molecule has 0 unspecified atom stereocenters. The van der Waals surface area contributed by atoms with Gasteiger partial charge >= 0.3 is 0 Å². The van der Waals surface area contributed by atoms with Crippen molar-refractivity contribution in [2.75, 3.05) is 26.6 Å². The third-order valence-corrected chi connectivity index (χ3v) is 5.30. The Hall–Kier alpha value is -2.84. The molecular formula is C19H22N2O5S. The van der Waals surface area contributed by atoms with Crippen LogP contribution in [0, 0.1) is 6.92 Å². The van der Waals surface area contributed by atoms with E-state index in [0.717, 1.165) is 5.56 Å². The van der Waals surface area contributed by atoms with Gasteiger partial charge in [0.15, 0.2) is 11.5 Å². The molecule has 144 valence electrons. The molecule has 0 atom stereocenters. The average molecular weight is 390 g/mol. The lowest BCUT2D eigenvalue weighted by Crippen LogP contribution is -2.18. The lowest BCUT2D eigenvalue weighted by molar-refractivity contribution is -0.111. The predicted molar refractivity (Wildman–Crippen MR) is 105 cm³/mol. The molecule has 2 rings (SSSR count). The Bertz CT molecular complexity index is 951. The molecule has 8 heteroatoms. The number of anilines is 1. The molecule has 2 N–H and O–H groups in total. The molecule has 0 saturated heterocycles. The molecule has 2 aromatic rings. The monoisotopic (exact) mass is 390 g/mol. The Kier molecular flexibility index (Phi) is 6.59. The third-order valence-electron chi connectivity index (χ3n) is 3.87. The highest BCUT2D eigenvalue weighted by molar-refractivity contribution is 7.89. The molecule has 7 nitrogen and oxygen atoms in total. The van der Waals surface area contributed by atoms with E-state index in [1.165, 1.54) is 32.4 Å². The smallest absolute Gasteiger partial charge is 0.248 e. The number of benzene rings is 2. The maximum Gasteiger partial charge on any atom is 0.248 e. The van der Waals surface area contributed by atoms with Gasteiger partial charge in [-0.2, -0.15) is 0 Å². The predicted octanol–water partition coefficient (Wildman–Crippen LogP) is 2.57. The molecule has 0 aliphatic heterocycles. The molecule has 2 aromatic carbocycles. The summed E-state index contributed by atoms with van der Waals surface area (Å²) in [6.07, 6.45) is 2.97. The molecule has 0 fully saturated rings. The maximum absolute atomic E-state index is 12.2. The van der Waals surface area contributed by atoms with Crippen molar-refractivity contribution in [3.05, 3.63) is 53.6 Å². The van der Waals surface area contributed by atoms with Crippen molar-refractivity contribution < 1.29 is 22.7 Å². The number of rotatable bonds is 7. The van der Waals surface area contributed by atoms with Crippen molar-refractivity contribution in [1.82, 2.24) is 4.72 Å². The van der Waals surface area contributed by atoms with E-state index < -0.39 is 10.0 Å². The van der Waals surface area contributed by atoms with Gasteiger partial charge in [0, 0.05) is 17.8 Å². The van der Waals surface area contributed by atoms with E-state index in [-0.39, 0.29) is 10.8 Å². The summed E-state index contributed by atoms with van der Waals surface area (Å²) in [5, 5.41) is 2.78. The molecule has 27 heavy (non-hydrogen) atoms. The van der Waals surface area contributed by atoms with Crippen LogP contribution in [0.2, 0.25) is 0 Å². The molecule has 0 radical (unpaired) electrons. The zero-order valence-electron chi connectivity index (χ0n) is 15.6. The number of aryl methyl sites for hydroxylation is 1. The third kappa shape index (κ3) is 5.08. The van der Waals surface area contributed by atoms with Crippen LogP contribution in [0.4, 0.5) is 5.69 Å². The maximum atomic E-state index is 12.2. The lowest BCUT2D eigenvalue weighted by atomic mass is 10.1. The van der Waals surface area contributed by atoms with Crippen LogP contribution in [0.5, 0.6) is 11.5 Å². The molecule has 0 aliphatic rings. The van der Waals surface area contributed by atoms with Crippen molar-refractivity contribution in [2.24, 2.45) is 0 Å². The number of nitrogens with one attached hydrogen (secondary N) is 2. The standard InChI is InChI=1S/C19H22N2O5S/c1-13-11-17(25-3)18(26-4)12-16(13)21-19(22)10-7-14-5-8-15(9-6-14)27(23,24)20-2/h5-12,20H,1-4H3,(H,21,22)/b10-7+. The van der Waals surface area contributed by atoms with Crippen LogP contribution in [-0.2, 0) is 14.8 Å². The van der Waals surface area contributed by atoms with Gasteiger partial charge in [0.05, 0.1) is 19.1 Å². The van der Waals surface area contributed by atoms with E-state index in [2.05, 4.69) is 10.0 Å². The summed E-state index contributed by atoms with van der Waals surface area (Å²) in [4.78, 5) is 12.3. The normalized spacial score (nSPS) is 11.4. The van der Waals surface area contributed by atoms with Crippen LogP contribution < -0.4 is 19.5 Å². The number of amides is 1. The van der Waals surface area contributed by atoms with Gasteiger partial charge in [0.1, 0.15) is 0 Å². The van der Waals surface area contributed by atoms with Crippen molar-refractivity contribution in [2.45, 2.75) is 11.8 Å². The van der Waals surface area contributed by atoms with Crippen LogP contribution >= 0.6 is 0 Å². The Labute approximate surface area is 159 Å². The van der Waals surface area contributed by atoms with Gasteiger partial charge in [-0.3, -0.25) is 4.79 Å². The summed E-state index contributed by atoms with van der Waals surface area (Å²) in [6, 6.07) is 9.66. The Morgan fingerprint density at radius 3 is 2.19 bits per heavy atom. The number of carbonyl (C=O) groups excluding carboxylic acids is 1. The lowest BCUT2D eigenvalue weighted by Gasteiger charge is -2.12. The number of methoxy groups -OCH3 is 2. The van der Waals surface area contributed by atoms with E-state index in [1.807, 2.05) is 6.92 Å². The topological polar surface area (TPSA) is 93.7 Å². The molecule has 0 spiro atoms. The minimum Gasteiger partial charge on any atom is -0.493 e. The van der Waals surface area contributed by atoms with Gasteiger partial charge in [-0.05, 0) is 49.4 Å². The summed E-state index contributed by atoms with van der Waals surface area (Å²) in [5.74, 6) is 0.779. The summed E-state index contributed by atoms with van der Waals surface area (Å²) < 4.78 is 36.1. The van der Waals surface area contributed by atoms with Gasteiger partial charge in [0.25, 0.3) is 0 Å². The number of ether oxygens (including phenoxy) is 2. The minimum atomic E-state index is -3.48. The first kappa shape index (κ1) is 20.5. The quantitative estimate of drug-likeness (QED) is 0.709. The van der Waals surface area contributed by atoms with E-state index in [1.54, 1.807) is 37.5 Å². The highest BCUT2D eigenvalue weighted by atomic mass is 32.2. The van der Waals surface area contributed by atoms with Crippen LogP contribution in [0.25, 0.3) is 6.08 Å². The zero-order valence-corrected chi connectivity index (χ0v) is 16.4. The molecule has 0 heterocycles. The molecule has 0 bridgehead atoms. The Balaban J connectivity index is 2.12. The Morgan fingerprint density at radius 2 is 1.63 bits per heavy atom. The van der Waals surface area contributed by atoms with E-state index in [0.29, 0.717) is 22.7 Å². The van der Waals surface area contributed by atoms with Gasteiger partial charge in [0.2, 0.25) is 15.9 Å². The molecule has 0 aromatic heterocycles. The highest BCUT2D eigenvalue weighted by Gasteiger charge is 2.11. The van der Waals surface area contributed by atoms with Crippen molar-refractivity contribution in [1.29, 1.82) is 0 Å². The second-order valence-corrected chi connectivity index (χ2v) is 7.51. The molecule has 1 amide bonds. The van der Waals surface area contributed by atoms with Crippen LogP contribution in [0.1, 0.15) is 11.1 Å². The second-order valence-electron chi connectivity index (χ2n) is 5.62. The van der Waals surface area contributed by atoms with E-state index in [4.69, 9.17) is 9.47 Å². The fraction of sp³-hybridized carbons (Fsp3) is 0.211. The average Bonchev–Trinajstić information content (AvgIpc) is 2.67. The zero-order chi connectivity index (χ0) is 20.0. The number of sulfonamides is 1. The second kappa shape index (κ2) is 8.70. The highest BCUT2D eigenvalue weighted by Crippen LogP contribution is 2.32. The van der Waals surface area contributed by atoms with E-state index >= 15 is 0 Å². The fourth-order valence-corrected chi connectivity index (χ4v) is 3.07. The van der Waals surface area contributed by atoms with Crippen molar-refractivity contribution >= 4 is 27.7 Å². The molecular weight excluding hydrogens is 368 g/mol. The first-order chi connectivity index (χ1) is 12.8. The number of carbonyl (C=O) groups is 1. The number of hydrogen-bond acceptors (Lipinski definition) is 5. The molecule has 0 aliphatic carbocycles.